The number of nitrogen functional groups attached to an aromatic ring is 1. The van der Waals surface area contributed by atoms with Crippen LogP contribution in [0, 0.1) is 28.9 Å². The molecule has 1 aromatic rings. The molecule has 2 atom stereocenters. The van der Waals surface area contributed by atoms with Crippen LogP contribution < -0.4 is 16.0 Å². The Morgan fingerprint density at radius 2 is 1.90 bits per heavy atom. The first kappa shape index (κ1) is 15.4. The number of aryl methyl sites for hydroxylation is 1. The minimum Gasteiger partial charge on any atom is -0.469 e. The number of nitro groups is 1. The van der Waals surface area contributed by atoms with Gasteiger partial charge in [0.1, 0.15) is 11.8 Å². The van der Waals surface area contributed by atoms with Gasteiger partial charge in [0.15, 0.2) is 0 Å². The third-order valence-electron chi connectivity index (χ3n) is 3.75. The van der Waals surface area contributed by atoms with E-state index in [2.05, 4.69) is 29.2 Å². The van der Waals surface area contributed by atoms with Crippen molar-refractivity contribution in [3.63, 3.8) is 0 Å². The molecule has 21 heavy (non-hydrogen) atoms. The Bertz CT molecular complexity index is 527. The van der Waals surface area contributed by atoms with E-state index in [1.165, 1.54) is 0 Å². The standard InChI is InChI=1S/C13H21N5O3/c1-7-4-8(2)6-10(5-7)21-12-11(18(19)20)9(3)15-13(16-12)17-14/h7-8,10H,4-6,14H2,1-3H3,(H,15,16,17). The van der Waals surface area contributed by atoms with Crippen molar-refractivity contribution in [2.45, 2.75) is 46.1 Å². The number of hydrogen-bond acceptors (Lipinski definition) is 7. The summed E-state index contributed by atoms with van der Waals surface area (Å²) in [4.78, 5) is 18.6. The molecule has 0 amide bonds. The van der Waals surface area contributed by atoms with E-state index < -0.39 is 4.92 Å². The molecular weight excluding hydrogens is 274 g/mol. The maximum absolute atomic E-state index is 11.2. The van der Waals surface area contributed by atoms with Gasteiger partial charge in [-0.05, 0) is 38.0 Å². The molecule has 0 aromatic carbocycles. The van der Waals surface area contributed by atoms with Crippen molar-refractivity contribution < 1.29 is 9.66 Å². The highest BCUT2D eigenvalue weighted by Crippen LogP contribution is 2.35. The fourth-order valence-electron chi connectivity index (χ4n) is 3.02. The summed E-state index contributed by atoms with van der Waals surface area (Å²) in [6.45, 7) is 5.87. The number of nitrogens with zero attached hydrogens (tertiary/aromatic N) is 3. The van der Waals surface area contributed by atoms with Crippen molar-refractivity contribution >= 4 is 11.6 Å². The monoisotopic (exact) mass is 295 g/mol. The van der Waals surface area contributed by atoms with Crippen molar-refractivity contribution in [3.05, 3.63) is 15.8 Å². The van der Waals surface area contributed by atoms with Gasteiger partial charge in [-0.15, -0.1) is 0 Å². The Balaban J connectivity index is 2.29. The van der Waals surface area contributed by atoms with E-state index in [9.17, 15) is 10.1 Å². The highest BCUT2D eigenvalue weighted by Gasteiger charge is 2.30. The molecule has 116 valence electrons. The summed E-state index contributed by atoms with van der Waals surface area (Å²) in [6, 6.07) is 0. The van der Waals surface area contributed by atoms with E-state index in [1.54, 1.807) is 6.92 Å². The first-order valence-electron chi connectivity index (χ1n) is 7.07. The molecular formula is C13H21N5O3. The molecule has 3 N–H and O–H groups in total. The summed E-state index contributed by atoms with van der Waals surface area (Å²) in [5.41, 5.74) is 2.34. The van der Waals surface area contributed by atoms with Crippen LogP contribution in [0.5, 0.6) is 5.88 Å². The van der Waals surface area contributed by atoms with E-state index in [4.69, 9.17) is 10.6 Å². The predicted molar refractivity (Wildman–Crippen MR) is 77.8 cm³/mol. The number of nitrogens with two attached hydrogens (primary N) is 1. The SMILES string of the molecule is Cc1nc(NN)nc(OC2CC(C)CC(C)C2)c1[N+](=O)[O-]. The molecule has 1 aliphatic carbocycles. The molecule has 0 saturated heterocycles. The largest absolute Gasteiger partial charge is 0.469 e. The molecule has 1 aliphatic rings. The van der Waals surface area contributed by atoms with Crippen LogP contribution in [0.1, 0.15) is 38.8 Å². The van der Waals surface area contributed by atoms with Gasteiger partial charge in [-0.25, -0.2) is 10.8 Å². The maximum Gasteiger partial charge on any atom is 0.352 e. The Kier molecular flexibility index (Phi) is 4.56. The first-order valence-corrected chi connectivity index (χ1v) is 7.07. The van der Waals surface area contributed by atoms with Gasteiger partial charge < -0.3 is 4.74 Å². The average Bonchev–Trinajstić information content (AvgIpc) is 2.36. The zero-order valence-corrected chi connectivity index (χ0v) is 12.5. The molecule has 1 heterocycles. The minimum atomic E-state index is -0.513. The second-order valence-corrected chi connectivity index (χ2v) is 5.85. The third kappa shape index (κ3) is 3.57. The van der Waals surface area contributed by atoms with Gasteiger partial charge in [-0.1, -0.05) is 13.8 Å². The molecule has 2 unspecified atom stereocenters. The molecule has 1 fully saturated rings. The topological polar surface area (TPSA) is 116 Å². The third-order valence-corrected chi connectivity index (χ3v) is 3.75. The van der Waals surface area contributed by atoms with Crippen LogP contribution >= 0.6 is 0 Å². The summed E-state index contributed by atoms with van der Waals surface area (Å²) in [6.07, 6.45) is 2.83. The lowest BCUT2D eigenvalue weighted by Crippen LogP contribution is -2.29. The summed E-state index contributed by atoms with van der Waals surface area (Å²) in [5.74, 6) is 6.47. The van der Waals surface area contributed by atoms with Gasteiger partial charge in [0.25, 0.3) is 5.88 Å². The first-order chi connectivity index (χ1) is 9.90. The van der Waals surface area contributed by atoms with Crippen molar-refractivity contribution in [2.75, 3.05) is 5.43 Å². The summed E-state index contributed by atoms with van der Waals surface area (Å²) in [7, 11) is 0. The van der Waals surface area contributed by atoms with Crippen molar-refractivity contribution in [3.8, 4) is 5.88 Å². The van der Waals surface area contributed by atoms with Crippen LogP contribution in [0.2, 0.25) is 0 Å². The van der Waals surface area contributed by atoms with Crippen molar-refractivity contribution in [1.29, 1.82) is 0 Å². The second-order valence-electron chi connectivity index (χ2n) is 5.85. The zero-order valence-electron chi connectivity index (χ0n) is 12.5. The Morgan fingerprint density at radius 3 is 2.43 bits per heavy atom. The molecule has 8 heteroatoms. The van der Waals surface area contributed by atoms with Gasteiger partial charge in [-0.3, -0.25) is 15.5 Å². The minimum absolute atomic E-state index is 0.00764. The molecule has 0 radical (unpaired) electrons. The molecule has 0 spiro atoms. The van der Waals surface area contributed by atoms with E-state index >= 15 is 0 Å². The maximum atomic E-state index is 11.2. The van der Waals surface area contributed by atoms with Crippen LogP contribution in [0.3, 0.4) is 0 Å². The van der Waals surface area contributed by atoms with Crippen molar-refractivity contribution in [2.24, 2.45) is 17.7 Å². The number of hydrazine groups is 1. The van der Waals surface area contributed by atoms with Gasteiger partial charge in [-0.2, -0.15) is 4.98 Å². The van der Waals surface area contributed by atoms with E-state index in [-0.39, 0.29) is 29.3 Å². The molecule has 8 nitrogen and oxygen atoms in total. The van der Waals surface area contributed by atoms with Gasteiger partial charge in [0, 0.05) is 0 Å². The molecule has 0 bridgehead atoms. The fourth-order valence-corrected chi connectivity index (χ4v) is 3.02. The number of ether oxygens (including phenoxy) is 1. The predicted octanol–water partition coefficient (Wildman–Crippen LogP) is 2.18. The van der Waals surface area contributed by atoms with Crippen LogP contribution in [-0.4, -0.2) is 21.0 Å². The molecule has 1 aromatic heterocycles. The average molecular weight is 295 g/mol. The lowest BCUT2D eigenvalue weighted by Gasteiger charge is -2.31. The van der Waals surface area contributed by atoms with Gasteiger partial charge >= 0.3 is 5.69 Å². The highest BCUT2D eigenvalue weighted by atomic mass is 16.6. The number of rotatable bonds is 4. The zero-order chi connectivity index (χ0) is 15.6. The van der Waals surface area contributed by atoms with Crippen molar-refractivity contribution in [1.82, 2.24) is 9.97 Å². The number of hydrogen-bond donors (Lipinski definition) is 2. The molecule has 1 saturated carbocycles. The number of nitrogens with one attached hydrogen (secondary N) is 1. The summed E-state index contributed by atoms with van der Waals surface area (Å²) < 4.78 is 5.82. The van der Waals surface area contributed by atoms with Crippen LogP contribution in [-0.2, 0) is 0 Å². The molecule has 0 aliphatic heterocycles. The van der Waals surface area contributed by atoms with E-state index in [0.29, 0.717) is 11.8 Å². The number of aromatic nitrogens is 2. The second kappa shape index (κ2) is 6.21. The Labute approximate surface area is 123 Å². The van der Waals surface area contributed by atoms with E-state index in [1.807, 2.05) is 0 Å². The lowest BCUT2D eigenvalue weighted by molar-refractivity contribution is -0.387. The Hall–Kier alpha value is -1.96. The Morgan fingerprint density at radius 1 is 1.29 bits per heavy atom. The van der Waals surface area contributed by atoms with Gasteiger partial charge in [0.2, 0.25) is 5.95 Å². The number of anilines is 1. The highest BCUT2D eigenvalue weighted by molar-refractivity contribution is 5.48. The van der Waals surface area contributed by atoms with Crippen LogP contribution in [0.15, 0.2) is 0 Å². The van der Waals surface area contributed by atoms with Crippen LogP contribution in [0.4, 0.5) is 11.6 Å². The fraction of sp³-hybridized carbons (Fsp3) is 0.692. The van der Waals surface area contributed by atoms with Gasteiger partial charge in [0.05, 0.1) is 4.92 Å². The molecule has 2 rings (SSSR count). The lowest BCUT2D eigenvalue weighted by atomic mass is 9.82. The van der Waals surface area contributed by atoms with Crippen LogP contribution in [0.25, 0.3) is 0 Å². The normalized spacial score (nSPS) is 25.4. The summed E-state index contributed by atoms with van der Waals surface area (Å²) >= 11 is 0. The van der Waals surface area contributed by atoms with E-state index in [0.717, 1.165) is 19.3 Å². The smallest absolute Gasteiger partial charge is 0.352 e. The summed E-state index contributed by atoms with van der Waals surface area (Å²) in [5, 5.41) is 11.2. The quantitative estimate of drug-likeness (QED) is 0.496.